The van der Waals surface area contributed by atoms with Gasteiger partial charge in [0, 0.05) is 38.4 Å². The van der Waals surface area contributed by atoms with Gasteiger partial charge in [-0.25, -0.2) is 9.98 Å². The molecule has 1 saturated heterocycles. The van der Waals surface area contributed by atoms with Crippen LogP contribution in [0.15, 0.2) is 53.7 Å². The van der Waals surface area contributed by atoms with Crippen molar-refractivity contribution < 1.29 is 9.47 Å². The Kier molecular flexibility index (Phi) is 12.3. The predicted molar refractivity (Wildman–Crippen MR) is 135 cm³/mol. The van der Waals surface area contributed by atoms with Crippen molar-refractivity contribution in [3.05, 3.63) is 59.8 Å². The Morgan fingerprint density at radius 3 is 2.71 bits per heavy atom. The van der Waals surface area contributed by atoms with Crippen molar-refractivity contribution in [2.75, 3.05) is 45.9 Å². The molecule has 0 atom stereocenters. The van der Waals surface area contributed by atoms with Crippen LogP contribution in [0.5, 0.6) is 5.88 Å². The molecule has 0 saturated carbocycles. The Morgan fingerprint density at radius 1 is 1.13 bits per heavy atom. The number of nitrogens with zero attached hydrogens (tertiary/aromatic N) is 3. The van der Waals surface area contributed by atoms with Gasteiger partial charge in [-0.3, -0.25) is 4.90 Å². The van der Waals surface area contributed by atoms with Crippen molar-refractivity contribution in [3.8, 4) is 5.88 Å². The molecule has 0 amide bonds. The van der Waals surface area contributed by atoms with E-state index in [0.717, 1.165) is 69.4 Å². The van der Waals surface area contributed by atoms with Gasteiger partial charge >= 0.3 is 0 Å². The summed E-state index contributed by atoms with van der Waals surface area (Å²) in [5, 5.41) is 6.74. The molecule has 0 unspecified atom stereocenters. The fraction of sp³-hybridized carbons (Fsp3) is 0.478. The first-order valence-corrected chi connectivity index (χ1v) is 10.8. The number of pyridine rings is 1. The predicted octanol–water partition coefficient (Wildman–Crippen LogP) is 3.06. The van der Waals surface area contributed by atoms with Gasteiger partial charge in [-0.15, -0.1) is 24.0 Å². The molecule has 8 heteroatoms. The first kappa shape index (κ1) is 25.4. The maximum absolute atomic E-state index is 5.82. The van der Waals surface area contributed by atoms with Crippen LogP contribution in [-0.4, -0.2) is 61.8 Å². The van der Waals surface area contributed by atoms with Crippen LogP contribution in [0.3, 0.4) is 0 Å². The molecule has 1 aromatic heterocycles. The summed E-state index contributed by atoms with van der Waals surface area (Å²) in [6.45, 7) is 9.73. The van der Waals surface area contributed by atoms with Crippen LogP contribution in [0.4, 0.5) is 0 Å². The number of halogens is 1. The smallest absolute Gasteiger partial charge is 0.213 e. The summed E-state index contributed by atoms with van der Waals surface area (Å²) in [5.74, 6) is 1.46. The molecule has 3 rings (SSSR count). The molecule has 1 aromatic carbocycles. The Labute approximate surface area is 202 Å². The summed E-state index contributed by atoms with van der Waals surface area (Å²) >= 11 is 0. The second-order valence-electron chi connectivity index (χ2n) is 7.21. The van der Waals surface area contributed by atoms with Gasteiger partial charge in [-0.2, -0.15) is 0 Å². The number of guanidine groups is 1. The van der Waals surface area contributed by atoms with E-state index >= 15 is 0 Å². The standard InChI is InChI=1S/C23H33N5O2.HI/c1-2-24-23(26-10-6-12-28-13-15-29-16-14-28)27-18-21-9-11-25-22(17-21)30-19-20-7-4-3-5-8-20;/h3-5,7-9,11,17H,2,6,10,12-16,18-19H2,1H3,(H2,24,26,27);1H. The highest BCUT2D eigenvalue weighted by Crippen LogP contribution is 2.12. The molecular weight excluding hydrogens is 505 g/mol. The highest BCUT2D eigenvalue weighted by molar-refractivity contribution is 14.0. The molecule has 2 aromatic rings. The van der Waals surface area contributed by atoms with E-state index in [-0.39, 0.29) is 24.0 Å². The van der Waals surface area contributed by atoms with Crippen molar-refractivity contribution in [1.29, 1.82) is 0 Å². The lowest BCUT2D eigenvalue weighted by Gasteiger charge is -2.26. The topological polar surface area (TPSA) is 71.0 Å². The normalized spacial score (nSPS) is 14.5. The second kappa shape index (κ2) is 15.0. The van der Waals surface area contributed by atoms with Crippen molar-refractivity contribution in [2.24, 2.45) is 4.99 Å². The lowest BCUT2D eigenvalue weighted by Crippen LogP contribution is -2.40. The molecule has 0 bridgehead atoms. The maximum Gasteiger partial charge on any atom is 0.213 e. The SMILES string of the molecule is CCNC(=NCc1ccnc(OCc2ccccc2)c1)NCCCN1CCOCC1.I. The van der Waals surface area contributed by atoms with E-state index in [0.29, 0.717) is 19.0 Å². The van der Waals surface area contributed by atoms with E-state index in [1.807, 2.05) is 42.5 Å². The number of hydrogen-bond acceptors (Lipinski definition) is 5. The van der Waals surface area contributed by atoms with Crippen molar-refractivity contribution >= 4 is 29.9 Å². The Hall–Kier alpha value is -1.91. The van der Waals surface area contributed by atoms with Gasteiger partial charge in [-0.05, 0) is 37.1 Å². The number of nitrogens with one attached hydrogen (secondary N) is 2. The van der Waals surface area contributed by atoms with Gasteiger partial charge in [0.1, 0.15) is 6.61 Å². The Morgan fingerprint density at radius 2 is 1.94 bits per heavy atom. The highest BCUT2D eigenvalue weighted by Gasteiger charge is 2.09. The van der Waals surface area contributed by atoms with E-state index in [1.165, 1.54) is 0 Å². The monoisotopic (exact) mass is 539 g/mol. The molecule has 170 valence electrons. The van der Waals surface area contributed by atoms with Gasteiger partial charge < -0.3 is 20.1 Å². The van der Waals surface area contributed by atoms with Crippen molar-refractivity contribution in [3.63, 3.8) is 0 Å². The van der Waals surface area contributed by atoms with Gasteiger partial charge in [0.15, 0.2) is 5.96 Å². The first-order chi connectivity index (χ1) is 14.8. The summed E-state index contributed by atoms with van der Waals surface area (Å²) in [6, 6.07) is 14.0. The third-order valence-electron chi connectivity index (χ3n) is 4.84. The first-order valence-electron chi connectivity index (χ1n) is 10.8. The molecule has 0 spiro atoms. The average molecular weight is 539 g/mol. The molecule has 0 radical (unpaired) electrons. The highest BCUT2D eigenvalue weighted by atomic mass is 127. The van der Waals surface area contributed by atoms with Gasteiger partial charge in [0.2, 0.25) is 5.88 Å². The van der Waals surface area contributed by atoms with E-state index in [4.69, 9.17) is 14.5 Å². The van der Waals surface area contributed by atoms with Crippen LogP contribution in [0.2, 0.25) is 0 Å². The third kappa shape index (κ3) is 9.84. The van der Waals surface area contributed by atoms with E-state index in [2.05, 4.69) is 27.4 Å². The zero-order valence-electron chi connectivity index (χ0n) is 18.3. The third-order valence-corrected chi connectivity index (χ3v) is 4.84. The van der Waals surface area contributed by atoms with Crippen LogP contribution >= 0.6 is 24.0 Å². The minimum atomic E-state index is 0. The molecule has 7 nitrogen and oxygen atoms in total. The second-order valence-corrected chi connectivity index (χ2v) is 7.21. The minimum Gasteiger partial charge on any atom is -0.473 e. The summed E-state index contributed by atoms with van der Waals surface area (Å²) < 4.78 is 11.2. The summed E-state index contributed by atoms with van der Waals surface area (Å²) in [7, 11) is 0. The molecular formula is C23H34IN5O2. The molecule has 2 N–H and O–H groups in total. The molecule has 31 heavy (non-hydrogen) atoms. The molecule has 1 aliphatic heterocycles. The lowest BCUT2D eigenvalue weighted by atomic mass is 10.2. The molecule has 1 aliphatic rings. The summed E-state index contributed by atoms with van der Waals surface area (Å²) in [5.41, 5.74) is 2.19. The van der Waals surface area contributed by atoms with Crippen LogP contribution < -0.4 is 15.4 Å². The zero-order valence-corrected chi connectivity index (χ0v) is 20.6. The van der Waals surface area contributed by atoms with Gasteiger partial charge in [0.25, 0.3) is 0 Å². The number of aliphatic imine (C=N–C) groups is 1. The van der Waals surface area contributed by atoms with Gasteiger partial charge in [0.05, 0.1) is 19.8 Å². The van der Waals surface area contributed by atoms with E-state index in [9.17, 15) is 0 Å². The molecule has 0 aliphatic carbocycles. The molecule has 2 heterocycles. The number of hydrogen-bond donors (Lipinski definition) is 2. The number of aromatic nitrogens is 1. The largest absolute Gasteiger partial charge is 0.473 e. The summed E-state index contributed by atoms with van der Waals surface area (Å²) in [6.07, 6.45) is 2.85. The average Bonchev–Trinajstić information content (AvgIpc) is 2.80. The Balaban J connectivity index is 0.00000341. The number of morpholine rings is 1. The Bertz CT molecular complexity index is 770. The van der Waals surface area contributed by atoms with Gasteiger partial charge in [-0.1, -0.05) is 30.3 Å². The van der Waals surface area contributed by atoms with Crippen molar-refractivity contribution in [1.82, 2.24) is 20.5 Å². The van der Waals surface area contributed by atoms with E-state index < -0.39 is 0 Å². The lowest BCUT2D eigenvalue weighted by molar-refractivity contribution is 0.0376. The van der Waals surface area contributed by atoms with E-state index in [1.54, 1.807) is 6.20 Å². The molecule has 1 fully saturated rings. The van der Waals surface area contributed by atoms with Crippen LogP contribution in [0.25, 0.3) is 0 Å². The summed E-state index contributed by atoms with van der Waals surface area (Å²) in [4.78, 5) is 11.5. The quantitative estimate of drug-likeness (QED) is 0.210. The number of ether oxygens (including phenoxy) is 2. The van der Waals surface area contributed by atoms with Crippen LogP contribution in [-0.2, 0) is 17.9 Å². The van der Waals surface area contributed by atoms with Crippen LogP contribution in [0.1, 0.15) is 24.5 Å². The van der Waals surface area contributed by atoms with Crippen molar-refractivity contribution in [2.45, 2.75) is 26.5 Å². The zero-order chi connectivity index (χ0) is 20.9. The minimum absolute atomic E-state index is 0. The van der Waals surface area contributed by atoms with Crippen LogP contribution in [0, 0.1) is 0 Å². The maximum atomic E-state index is 5.82. The fourth-order valence-corrected chi connectivity index (χ4v) is 3.21. The number of benzene rings is 1. The fourth-order valence-electron chi connectivity index (χ4n) is 3.21. The number of rotatable bonds is 10.